The van der Waals surface area contributed by atoms with Gasteiger partial charge >= 0.3 is 5.97 Å². The van der Waals surface area contributed by atoms with Crippen LogP contribution in [0, 0.1) is 0 Å². The Labute approximate surface area is 171 Å². The number of thioether (sulfide) groups is 1. The predicted octanol–water partition coefficient (Wildman–Crippen LogP) is 0.444. The van der Waals surface area contributed by atoms with Gasteiger partial charge in [-0.2, -0.15) is 5.10 Å². The van der Waals surface area contributed by atoms with Crippen molar-refractivity contribution in [3.63, 3.8) is 0 Å². The molecule has 3 rings (SSSR count). The van der Waals surface area contributed by atoms with Crippen LogP contribution in [-0.2, 0) is 14.4 Å². The second-order valence-corrected chi connectivity index (χ2v) is 7.66. The Hall–Kier alpha value is -2.85. The van der Waals surface area contributed by atoms with Crippen LogP contribution >= 0.6 is 11.8 Å². The monoisotopic (exact) mass is 418 g/mol. The summed E-state index contributed by atoms with van der Waals surface area (Å²) in [5, 5.41) is 25.8. The smallest absolute Gasteiger partial charge is 0.353 e. The summed E-state index contributed by atoms with van der Waals surface area (Å²) in [4.78, 5) is 37.8. The molecule has 1 saturated heterocycles. The lowest BCUT2D eigenvalue weighted by atomic mass is 10.0. The number of fused-ring (bicyclic) bond motifs is 1. The molecule has 1 fully saturated rings. The normalized spacial score (nSPS) is 22.1. The second kappa shape index (κ2) is 9.10. The first kappa shape index (κ1) is 20.9. The van der Waals surface area contributed by atoms with E-state index < -0.39 is 35.3 Å². The second-order valence-electron chi connectivity index (χ2n) is 6.55. The molecule has 1 aromatic carbocycles. The zero-order valence-electron chi connectivity index (χ0n) is 15.7. The number of amides is 2. The van der Waals surface area contributed by atoms with Crippen LogP contribution in [0.4, 0.5) is 0 Å². The number of carboxylic acid groups (broad SMARTS) is 1. The highest BCUT2D eigenvalue weighted by Crippen LogP contribution is 2.40. The predicted molar refractivity (Wildman–Crippen MR) is 108 cm³/mol. The van der Waals surface area contributed by atoms with Crippen LogP contribution in [0.2, 0.25) is 0 Å². The van der Waals surface area contributed by atoms with Crippen molar-refractivity contribution < 1.29 is 24.6 Å². The van der Waals surface area contributed by atoms with Gasteiger partial charge in [0.25, 0.3) is 11.8 Å². The van der Waals surface area contributed by atoms with E-state index >= 15 is 0 Å². The van der Waals surface area contributed by atoms with Gasteiger partial charge in [-0.05, 0) is 12.0 Å². The standard InChI is InChI=1S/C19H22N4O5S/c1-2-8-20-21-9-12-10-29-18-13(17(26)23(18)14(12)19(27)28)22-16(25)15(24)11-6-4-3-5-7-11/h3-7,9,13,15,18,20,24H,2,8,10H2,1H3,(H,22,25)(H,27,28)/b21-9+/t13?,15?,18-/m1/s1. The van der Waals surface area contributed by atoms with Gasteiger partial charge in [0.15, 0.2) is 6.10 Å². The molecular weight excluding hydrogens is 396 g/mol. The molecule has 2 unspecified atom stereocenters. The van der Waals surface area contributed by atoms with Crippen LogP contribution in [0.3, 0.4) is 0 Å². The van der Waals surface area contributed by atoms with E-state index in [0.29, 0.717) is 23.4 Å². The van der Waals surface area contributed by atoms with Crippen LogP contribution in [0.1, 0.15) is 25.0 Å². The number of aliphatic carboxylic acids is 1. The molecule has 29 heavy (non-hydrogen) atoms. The lowest BCUT2D eigenvalue weighted by Gasteiger charge is -2.49. The number of nitrogens with one attached hydrogen (secondary N) is 2. The highest BCUT2D eigenvalue weighted by molar-refractivity contribution is 8.00. The molecule has 0 aliphatic carbocycles. The Morgan fingerprint density at radius 2 is 2.10 bits per heavy atom. The Morgan fingerprint density at radius 3 is 2.76 bits per heavy atom. The molecular formula is C19H22N4O5S. The number of hydrogen-bond acceptors (Lipinski definition) is 7. The molecule has 2 heterocycles. The Balaban J connectivity index is 1.71. The molecule has 2 aliphatic heterocycles. The van der Waals surface area contributed by atoms with Gasteiger partial charge in [0.2, 0.25) is 0 Å². The van der Waals surface area contributed by atoms with Gasteiger partial charge in [0, 0.05) is 17.9 Å². The topological polar surface area (TPSA) is 131 Å². The maximum Gasteiger partial charge on any atom is 0.353 e. The van der Waals surface area contributed by atoms with Crippen molar-refractivity contribution in [3.8, 4) is 0 Å². The van der Waals surface area contributed by atoms with E-state index in [9.17, 15) is 24.6 Å². The molecule has 9 nitrogen and oxygen atoms in total. The summed E-state index contributed by atoms with van der Waals surface area (Å²) in [5.41, 5.74) is 3.51. The van der Waals surface area contributed by atoms with Crippen LogP contribution in [-0.4, -0.2) is 62.8 Å². The highest BCUT2D eigenvalue weighted by atomic mass is 32.2. The average molecular weight is 418 g/mol. The third kappa shape index (κ3) is 4.28. The zero-order chi connectivity index (χ0) is 21.0. The first-order chi connectivity index (χ1) is 14.0. The van der Waals surface area contributed by atoms with Gasteiger partial charge in [-0.15, -0.1) is 11.8 Å². The Bertz CT molecular complexity index is 857. The molecule has 1 aromatic rings. The first-order valence-electron chi connectivity index (χ1n) is 9.16. The lowest BCUT2D eigenvalue weighted by molar-refractivity contribution is -0.151. The van der Waals surface area contributed by atoms with E-state index in [-0.39, 0.29) is 5.70 Å². The van der Waals surface area contributed by atoms with Crippen molar-refractivity contribution in [2.75, 3.05) is 12.3 Å². The van der Waals surface area contributed by atoms with Crippen molar-refractivity contribution in [2.45, 2.75) is 30.9 Å². The zero-order valence-corrected chi connectivity index (χ0v) is 16.6. The van der Waals surface area contributed by atoms with E-state index in [0.717, 1.165) is 11.3 Å². The number of aliphatic hydroxyl groups is 1. The minimum Gasteiger partial charge on any atom is -0.477 e. The first-order valence-corrected chi connectivity index (χ1v) is 10.2. The fraction of sp³-hybridized carbons (Fsp3) is 0.368. The fourth-order valence-corrected chi connectivity index (χ4v) is 4.36. The number of carbonyl (C=O) groups is 3. The lowest BCUT2D eigenvalue weighted by Crippen LogP contribution is -2.70. The maximum atomic E-state index is 12.6. The summed E-state index contributed by atoms with van der Waals surface area (Å²) in [5.74, 6) is -2.12. The number of β-lactam (4-membered cyclic amide) rings is 1. The minimum atomic E-state index is -1.41. The van der Waals surface area contributed by atoms with Gasteiger partial charge in [0.05, 0.1) is 6.21 Å². The Morgan fingerprint density at radius 1 is 1.38 bits per heavy atom. The maximum absolute atomic E-state index is 12.6. The highest BCUT2D eigenvalue weighted by Gasteiger charge is 2.54. The number of hydrogen-bond donors (Lipinski definition) is 4. The molecule has 0 bridgehead atoms. The largest absolute Gasteiger partial charge is 0.477 e. The third-order valence-corrected chi connectivity index (χ3v) is 5.84. The molecule has 154 valence electrons. The molecule has 4 N–H and O–H groups in total. The summed E-state index contributed by atoms with van der Waals surface area (Å²) in [7, 11) is 0. The quantitative estimate of drug-likeness (QED) is 0.209. The molecule has 10 heteroatoms. The summed E-state index contributed by atoms with van der Waals surface area (Å²) < 4.78 is 0. The van der Waals surface area contributed by atoms with Crippen LogP contribution in [0.15, 0.2) is 46.7 Å². The number of hydrazone groups is 1. The van der Waals surface area contributed by atoms with Gasteiger partial charge < -0.3 is 21.0 Å². The van der Waals surface area contributed by atoms with Crippen molar-refractivity contribution in [3.05, 3.63) is 47.2 Å². The minimum absolute atomic E-state index is 0.130. The van der Waals surface area contributed by atoms with Gasteiger partial charge in [-0.3, -0.25) is 14.5 Å². The number of benzene rings is 1. The van der Waals surface area contributed by atoms with Crippen LogP contribution < -0.4 is 10.7 Å². The number of nitrogens with zero attached hydrogens (tertiary/aromatic N) is 2. The number of carboxylic acids is 1. The Kier molecular flexibility index (Phi) is 6.55. The summed E-state index contributed by atoms with van der Waals surface area (Å²) in [6.07, 6.45) is 0.883. The van der Waals surface area contributed by atoms with E-state index in [1.807, 2.05) is 6.92 Å². The third-order valence-electron chi connectivity index (χ3n) is 4.54. The van der Waals surface area contributed by atoms with Gasteiger partial charge in [-0.25, -0.2) is 4.79 Å². The van der Waals surface area contributed by atoms with Gasteiger partial charge in [-0.1, -0.05) is 37.3 Å². The van der Waals surface area contributed by atoms with E-state index in [1.54, 1.807) is 30.3 Å². The molecule has 2 aliphatic rings. The van der Waals surface area contributed by atoms with Crippen molar-refractivity contribution in [1.82, 2.24) is 15.6 Å². The molecule has 0 spiro atoms. The van der Waals surface area contributed by atoms with Gasteiger partial charge in [0.1, 0.15) is 17.1 Å². The molecule has 0 radical (unpaired) electrons. The molecule has 0 aromatic heterocycles. The molecule has 2 amide bonds. The van der Waals surface area contributed by atoms with Crippen LogP contribution in [0.25, 0.3) is 0 Å². The summed E-state index contributed by atoms with van der Waals surface area (Å²) in [6.45, 7) is 2.63. The van der Waals surface area contributed by atoms with Crippen LogP contribution in [0.5, 0.6) is 0 Å². The number of carbonyl (C=O) groups excluding carboxylic acids is 2. The average Bonchev–Trinajstić information content (AvgIpc) is 2.74. The summed E-state index contributed by atoms with van der Waals surface area (Å²) in [6, 6.07) is 7.48. The molecule has 3 atom stereocenters. The van der Waals surface area contributed by atoms with Crippen molar-refractivity contribution in [2.24, 2.45) is 5.10 Å². The summed E-state index contributed by atoms with van der Waals surface area (Å²) >= 11 is 1.34. The van der Waals surface area contributed by atoms with Crippen molar-refractivity contribution >= 4 is 35.8 Å². The SMILES string of the molecule is CCCN/N=C/C1=C(C(=O)O)N2C(=O)C(NC(=O)C(O)c3ccccc3)[C@H]2SC1. The van der Waals surface area contributed by atoms with E-state index in [1.165, 1.54) is 18.0 Å². The van der Waals surface area contributed by atoms with E-state index in [2.05, 4.69) is 15.8 Å². The van der Waals surface area contributed by atoms with E-state index in [4.69, 9.17) is 0 Å². The fourth-order valence-electron chi connectivity index (χ4n) is 3.06. The molecule has 0 saturated carbocycles. The number of rotatable bonds is 8. The van der Waals surface area contributed by atoms with Crippen molar-refractivity contribution in [1.29, 1.82) is 0 Å². The number of aliphatic hydroxyl groups excluding tert-OH is 1.